The number of aryl methyl sites for hydroxylation is 1. The maximum absolute atomic E-state index is 11.5. The topological polar surface area (TPSA) is 118 Å². The molecule has 0 spiro atoms. The van der Waals surface area contributed by atoms with Gasteiger partial charge in [0, 0.05) is 11.3 Å². The zero-order chi connectivity index (χ0) is 15.1. The summed E-state index contributed by atoms with van der Waals surface area (Å²) in [5, 5.41) is 23.5. The Kier molecular flexibility index (Phi) is 2.82. The van der Waals surface area contributed by atoms with Crippen molar-refractivity contribution in [2.75, 3.05) is 0 Å². The summed E-state index contributed by atoms with van der Waals surface area (Å²) in [7, 11) is 0. The number of rotatable bonds is 3. The van der Waals surface area contributed by atoms with E-state index < -0.39 is 11.7 Å². The fraction of sp³-hybridized carbons (Fsp3) is 0.250. The van der Waals surface area contributed by atoms with Crippen LogP contribution < -0.4 is 5.69 Å². The Morgan fingerprint density at radius 2 is 2.10 bits per heavy atom. The minimum Gasteiger partial charge on any atom is -0.481 e. The lowest BCUT2D eigenvalue weighted by Crippen LogP contribution is -2.15. The standard InChI is InChI=1S/C12H12N6O3/c1-6-8(5-11(19)20)7(2)17(15-6)10-4-3-9-13-14-12(21)18(9)16-10/h3-4H,5H2,1-2H3,(H,14,21)(H,19,20). The first-order valence-corrected chi connectivity index (χ1v) is 6.19. The molecule has 3 rings (SSSR count). The number of hydrogen-bond acceptors (Lipinski definition) is 5. The van der Waals surface area contributed by atoms with Crippen LogP contribution in [0.4, 0.5) is 0 Å². The van der Waals surface area contributed by atoms with E-state index in [1.807, 2.05) is 0 Å². The summed E-state index contributed by atoms with van der Waals surface area (Å²) >= 11 is 0. The van der Waals surface area contributed by atoms with Gasteiger partial charge in [-0.15, -0.1) is 5.10 Å². The molecule has 3 aromatic rings. The molecular weight excluding hydrogens is 276 g/mol. The Hall–Kier alpha value is -2.97. The largest absolute Gasteiger partial charge is 0.481 e. The second kappa shape index (κ2) is 4.54. The highest BCUT2D eigenvalue weighted by Crippen LogP contribution is 2.17. The van der Waals surface area contributed by atoms with Crippen LogP contribution in [0.3, 0.4) is 0 Å². The first-order valence-electron chi connectivity index (χ1n) is 6.19. The average Bonchev–Trinajstić information content (AvgIpc) is 2.94. The first-order chi connectivity index (χ1) is 9.97. The van der Waals surface area contributed by atoms with E-state index in [-0.39, 0.29) is 6.42 Å². The van der Waals surface area contributed by atoms with Crippen LogP contribution in [0.25, 0.3) is 11.5 Å². The fourth-order valence-corrected chi connectivity index (χ4v) is 2.21. The number of carboxylic acids is 1. The lowest BCUT2D eigenvalue weighted by atomic mass is 10.1. The quantitative estimate of drug-likeness (QED) is 0.691. The summed E-state index contributed by atoms with van der Waals surface area (Å²) in [6, 6.07) is 3.30. The van der Waals surface area contributed by atoms with Gasteiger partial charge < -0.3 is 5.11 Å². The van der Waals surface area contributed by atoms with Crippen molar-refractivity contribution in [3.63, 3.8) is 0 Å². The van der Waals surface area contributed by atoms with E-state index in [9.17, 15) is 9.59 Å². The normalized spacial score (nSPS) is 11.1. The molecule has 0 saturated carbocycles. The molecule has 0 aromatic carbocycles. The van der Waals surface area contributed by atoms with Crippen LogP contribution >= 0.6 is 0 Å². The summed E-state index contributed by atoms with van der Waals surface area (Å²) in [5.41, 5.74) is 1.90. The van der Waals surface area contributed by atoms with Crippen molar-refractivity contribution in [1.82, 2.24) is 29.6 Å². The molecule has 3 heterocycles. The first kappa shape index (κ1) is 13.0. The number of aromatic nitrogens is 6. The molecule has 9 heteroatoms. The number of aliphatic carboxylic acids is 1. The summed E-state index contributed by atoms with van der Waals surface area (Å²) in [5.74, 6) is -0.501. The highest BCUT2D eigenvalue weighted by atomic mass is 16.4. The number of nitrogens with one attached hydrogen (secondary N) is 1. The minimum atomic E-state index is -0.921. The maximum atomic E-state index is 11.5. The predicted molar refractivity (Wildman–Crippen MR) is 71.5 cm³/mol. The number of H-pyrrole nitrogens is 1. The lowest BCUT2D eigenvalue weighted by Gasteiger charge is -2.03. The van der Waals surface area contributed by atoms with Crippen molar-refractivity contribution in [3.8, 4) is 5.82 Å². The zero-order valence-corrected chi connectivity index (χ0v) is 11.4. The van der Waals surface area contributed by atoms with Gasteiger partial charge in [0.15, 0.2) is 11.5 Å². The Morgan fingerprint density at radius 1 is 1.33 bits per heavy atom. The van der Waals surface area contributed by atoms with Gasteiger partial charge in [0.2, 0.25) is 0 Å². The number of hydrogen-bond donors (Lipinski definition) is 2. The van der Waals surface area contributed by atoms with Gasteiger partial charge in [-0.3, -0.25) is 4.79 Å². The molecule has 21 heavy (non-hydrogen) atoms. The van der Waals surface area contributed by atoms with E-state index in [4.69, 9.17) is 5.11 Å². The van der Waals surface area contributed by atoms with Gasteiger partial charge in [-0.05, 0) is 26.0 Å². The van der Waals surface area contributed by atoms with E-state index in [0.29, 0.717) is 28.4 Å². The Balaban J connectivity index is 2.16. The molecule has 0 amide bonds. The molecule has 0 unspecified atom stereocenters. The Morgan fingerprint density at radius 3 is 2.81 bits per heavy atom. The zero-order valence-electron chi connectivity index (χ0n) is 11.4. The highest BCUT2D eigenvalue weighted by Gasteiger charge is 2.16. The number of nitrogens with zero attached hydrogens (tertiary/aromatic N) is 5. The van der Waals surface area contributed by atoms with E-state index in [2.05, 4.69) is 20.4 Å². The molecule has 0 radical (unpaired) electrons. The van der Waals surface area contributed by atoms with Gasteiger partial charge in [-0.25, -0.2) is 14.6 Å². The van der Waals surface area contributed by atoms with E-state index >= 15 is 0 Å². The summed E-state index contributed by atoms with van der Waals surface area (Å²) < 4.78 is 2.65. The molecule has 0 bridgehead atoms. The summed E-state index contributed by atoms with van der Waals surface area (Å²) in [4.78, 5) is 22.4. The van der Waals surface area contributed by atoms with Crippen molar-refractivity contribution >= 4 is 11.6 Å². The van der Waals surface area contributed by atoms with Gasteiger partial charge in [-0.2, -0.15) is 14.7 Å². The highest BCUT2D eigenvalue weighted by molar-refractivity contribution is 5.71. The van der Waals surface area contributed by atoms with Crippen molar-refractivity contribution in [3.05, 3.63) is 39.6 Å². The van der Waals surface area contributed by atoms with Gasteiger partial charge in [-0.1, -0.05) is 0 Å². The maximum Gasteiger partial charge on any atom is 0.364 e. The third-order valence-corrected chi connectivity index (χ3v) is 3.25. The molecule has 2 N–H and O–H groups in total. The van der Waals surface area contributed by atoms with Crippen LogP contribution in [0.5, 0.6) is 0 Å². The molecule has 0 atom stereocenters. The molecule has 0 aliphatic carbocycles. The van der Waals surface area contributed by atoms with Crippen LogP contribution in [0.2, 0.25) is 0 Å². The molecule has 108 valence electrons. The van der Waals surface area contributed by atoms with Crippen molar-refractivity contribution in [1.29, 1.82) is 0 Å². The van der Waals surface area contributed by atoms with Crippen LogP contribution in [-0.2, 0) is 11.2 Å². The number of carbonyl (C=O) groups is 1. The molecule has 0 aliphatic heterocycles. The Bertz CT molecular complexity index is 903. The van der Waals surface area contributed by atoms with Gasteiger partial charge in [0.05, 0.1) is 12.1 Å². The molecule has 0 saturated heterocycles. The third-order valence-electron chi connectivity index (χ3n) is 3.25. The summed E-state index contributed by atoms with van der Waals surface area (Å²) in [6.07, 6.45) is -0.106. The van der Waals surface area contributed by atoms with Crippen molar-refractivity contribution < 1.29 is 9.90 Å². The van der Waals surface area contributed by atoms with E-state index in [1.165, 1.54) is 4.68 Å². The van der Waals surface area contributed by atoms with Crippen LogP contribution in [0.1, 0.15) is 17.0 Å². The summed E-state index contributed by atoms with van der Waals surface area (Å²) in [6.45, 7) is 3.51. The van der Waals surface area contributed by atoms with E-state index in [0.717, 1.165) is 4.52 Å². The van der Waals surface area contributed by atoms with Crippen molar-refractivity contribution in [2.24, 2.45) is 0 Å². The minimum absolute atomic E-state index is 0.106. The smallest absolute Gasteiger partial charge is 0.364 e. The predicted octanol–water partition coefficient (Wildman–Crippen LogP) is -0.153. The second-order valence-electron chi connectivity index (χ2n) is 4.62. The molecule has 0 fully saturated rings. The number of fused-ring (bicyclic) bond motifs is 1. The van der Waals surface area contributed by atoms with Crippen molar-refractivity contribution in [2.45, 2.75) is 20.3 Å². The monoisotopic (exact) mass is 288 g/mol. The van der Waals surface area contributed by atoms with Crippen LogP contribution in [0, 0.1) is 13.8 Å². The molecule has 3 aromatic heterocycles. The number of aromatic amines is 1. The molecule has 0 aliphatic rings. The SMILES string of the molecule is Cc1nn(-c2ccc3n[nH]c(=O)n3n2)c(C)c1CC(=O)O. The third kappa shape index (κ3) is 2.08. The van der Waals surface area contributed by atoms with Gasteiger partial charge in [0.25, 0.3) is 0 Å². The molecular formula is C12H12N6O3. The Labute approximate surface area is 117 Å². The average molecular weight is 288 g/mol. The van der Waals surface area contributed by atoms with Crippen LogP contribution in [0.15, 0.2) is 16.9 Å². The van der Waals surface area contributed by atoms with Gasteiger partial charge >= 0.3 is 11.7 Å². The van der Waals surface area contributed by atoms with Gasteiger partial charge in [0.1, 0.15) is 0 Å². The fourth-order valence-electron chi connectivity index (χ4n) is 2.21. The van der Waals surface area contributed by atoms with E-state index in [1.54, 1.807) is 26.0 Å². The number of carboxylic acid groups (broad SMARTS) is 1. The lowest BCUT2D eigenvalue weighted by molar-refractivity contribution is -0.136. The van der Waals surface area contributed by atoms with Crippen LogP contribution in [-0.4, -0.2) is 40.7 Å². The second-order valence-corrected chi connectivity index (χ2v) is 4.62. The molecule has 9 nitrogen and oxygen atoms in total.